The molecular weight excluding hydrogens is 420 g/mol. The van der Waals surface area contributed by atoms with Crippen molar-refractivity contribution in [1.29, 1.82) is 0 Å². The number of hydrogen-bond acceptors (Lipinski definition) is 6. The van der Waals surface area contributed by atoms with Crippen LogP contribution >= 0.6 is 11.6 Å². The van der Waals surface area contributed by atoms with E-state index in [2.05, 4.69) is 20.4 Å². The first-order valence-corrected chi connectivity index (χ1v) is 9.12. The van der Waals surface area contributed by atoms with E-state index in [0.717, 1.165) is 0 Å². The molecule has 4 rings (SSSR count). The molecule has 3 aromatic heterocycles. The molecule has 0 fully saturated rings. The first-order valence-electron chi connectivity index (χ1n) is 8.74. The fourth-order valence-electron chi connectivity index (χ4n) is 2.77. The maximum atomic E-state index is 12.7. The zero-order valence-electron chi connectivity index (χ0n) is 15.2. The smallest absolute Gasteiger partial charge is 0.274 e. The number of aliphatic hydroxyl groups excluding tert-OH is 1. The number of hydrogen-bond donors (Lipinski definition) is 2. The Hall–Kier alpha value is -3.37. The number of amides is 1. The van der Waals surface area contributed by atoms with Crippen molar-refractivity contribution in [2.45, 2.75) is 19.0 Å². The molecule has 0 radical (unpaired) electrons. The summed E-state index contributed by atoms with van der Waals surface area (Å²) >= 11 is 6.20. The summed E-state index contributed by atoms with van der Waals surface area (Å²) in [6.45, 7) is 0. The summed E-state index contributed by atoms with van der Waals surface area (Å²) in [5.41, 5.74) is 1.67. The first-order chi connectivity index (χ1) is 14.4. The van der Waals surface area contributed by atoms with Gasteiger partial charge in [0.1, 0.15) is 17.4 Å². The highest BCUT2D eigenvalue weighted by Crippen LogP contribution is 2.28. The van der Waals surface area contributed by atoms with Crippen molar-refractivity contribution in [3.8, 4) is 11.4 Å². The minimum Gasteiger partial charge on any atom is -0.387 e. The number of rotatable bonds is 6. The first kappa shape index (κ1) is 19.9. The SMILES string of the molecule is O=C(Nc1cc(-c2noc(CC(O)C(F)F)n2)ccc1Cl)c1cnc2ccccn12. The molecule has 4 aromatic rings. The normalized spacial score (nSPS) is 12.4. The van der Waals surface area contributed by atoms with Gasteiger partial charge in [-0.25, -0.2) is 13.8 Å². The van der Waals surface area contributed by atoms with Crippen molar-refractivity contribution in [1.82, 2.24) is 19.5 Å². The number of halogens is 3. The number of pyridine rings is 1. The van der Waals surface area contributed by atoms with E-state index in [9.17, 15) is 18.7 Å². The number of nitrogens with zero attached hydrogens (tertiary/aromatic N) is 4. The van der Waals surface area contributed by atoms with Gasteiger partial charge in [-0.1, -0.05) is 22.8 Å². The minimum absolute atomic E-state index is 0.105. The zero-order chi connectivity index (χ0) is 21.3. The molecule has 0 aliphatic carbocycles. The largest absolute Gasteiger partial charge is 0.387 e. The lowest BCUT2D eigenvalue weighted by Gasteiger charge is -2.08. The van der Waals surface area contributed by atoms with E-state index >= 15 is 0 Å². The molecule has 154 valence electrons. The average Bonchev–Trinajstić information content (AvgIpc) is 3.36. The second kappa shape index (κ2) is 8.17. The molecule has 11 heteroatoms. The summed E-state index contributed by atoms with van der Waals surface area (Å²) in [5, 5.41) is 16.0. The van der Waals surface area contributed by atoms with Gasteiger partial charge >= 0.3 is 0 Å². The van der Waals surface area contributed by atoms with Crippen LogP contribution in [0.2, 0.25) is 5.02 Å². The van der Waals surface area contributed by atoms with Crippen LogP contribution in [0, 0.1) is 0 Å². The third-order valence-corrected chi connectivity index (χ3v) is 4.59. The highest BCUT2D eigenvalue weighted by Gasteiger charge is 2.21. The van der Waals surface area contributed by atoms with Gasteiger partial charge in [-0.3, -0.25) is 9.20 Å². The molecular formula is C19H14ClF2N5O3. The van der Waals surface area contributed by atoms with Gasteiger partial charge in [-0.2, -0.15) is 4.98 Å². The Kier molecular flexibility index (Phi) is 5.42. The summed E-state index contributed by atoms with van der Waals surface area (Å²) in [6.07, 6.45) is -2.14. The van der Waals surface area contributed by atoms with Gasteiger partial charge in [-0.15, -0.1) is 0 Å². The highest BCUT2D eigenvalue weighted by atomic mass is 35.5. The molecule has 2 N–H and O–H groups in total. The van der Waals surface area contributed by atoms with Crippen LogP contribution in [0.3, 0.4) is 0 Å². The number of aromatic nitrogens is 4. The van der Waals surface area contributed by atoms with Crippen LogP contribution in [-0.4, -0.2) is 43.1 Å². The third kappa shape index (κ3) is 4.00. The standard InChI is InChI=1S/C19H14ClF2N5O3/c20-11-5-4-10(18-25-16(30-26-18)8-14(28)17(21)22)7-12(11)24-19(29)13-9-23-15-3-1-2-6-27(13)15/h1-7,9,14,17,28H,8H2,(H,24,29). The molecule has 0 saturated carbocycles. The molecule has 3 heterocycles. The van der Waals surface area contributed by atoms with E-state index in [0.29, 0.717) is 22.6 Å². The topological polar surface area (TPSA) is 106 Å². The lowest BCUT2D eigenvalue weighted by atomic mass is 10.2. The number of anilines is 1. The van der Waals surface area contributed by atoms with E-state index < -0.39 is 24.9 Å². The number of nitrogens with one attached hydrogen (secondary N) is 1. The number of imidazole rings is 1. The molecule has 1 unspecified atom stereocenters. The lowest BCUT2D eigenvalue weighted by molar-refractivity contribution is -0.00754. The Bertz CT molecular complexity index is 1210. The van der Waals surface area contributed by atoms with E-state index in [1.807, 2.05) is 6.07 Å². The van der Waals surface area contributed by atoms with Crippen LogP contribution in [0.15, 0.2) is 53.3 Å². The van der Waals surface area contributed by atoms with E-state index in [-0.39, 0.29) is 16.7 Å². The second-order valence-corrected chi connectivity index (χ2v) is 6.75. The summed E-state index contributed by atoms with van der Waals surface area (Å²) in [7, 11) is 0. The molecule has 8 nitrogen and oxygen atoms in total. The van der Waals surface area contributed by atoms with Crippen molar-refractivity contribution in [3.05, 3.63) is 65.4 Å². The lowest BCUT2D eigenvalue weighted by Crippen LogP contribution is -2.20. The highest BCUT2D eigenvalue weighted by molar-refractivity contribution is 6.34. The Morgan fingerprint density at radius 2 is 2.13 bits per heavy atom. The fourth-order valence-corrected chi connectivity index (χ4v) is 2.93. The Morgan fingerprint density at radius 1 is 1.30 bits per heavy atom. The van der Waals surface area contributed by atoms with Gasteiger partial charge in [-0.05, 0) is 30.3 Å². The number of fused-ring (bicyclic) bond motifs is 1. The molecule has 1 atom stereocenters. The Balaban J connectivity index is 1.57. The van der Waals surface area contributed by atoms with Crippen molar-refractivity contribution in [2.75, 3.05) is 5.32 Å². The number of aliphatic hydroxyl groups is 1. The third-order valence-electron chi connectivity index (χ3n) is 4.27. The molecule has 0 bridgehead atoms. The Labute approximate surface area is 173 Å². The summed E-state index contributed by atoms with van der Waals surface area (Å²) in [5.74, 6) is -0.459. The second-order valence-electron chi connectivity index (χ2n) is 6.34. The summed E-state index contributed by atoms with van der Waals surface area (Å²) < 4.78 is 31.5. The van der Waals surface area contributed by atoms with E-state index in [1.165, 1.54) is 18.3 Å². The van der Waals surface area contributed by atoms with Crippen LogP contribution in [-0.2, 0) is 6.42 Å². The molecule has 1 amide bonds. The molecule has 0 saturated heterocycles. The van der Waals surface area contributed by atoms with Gasteiger partial charge in [0, 0.05) is 11.8 Å². The fraction of sp³-hybridized carbons (Fsp3) is 0.158. The summed E-state index contributed by atoms with van der Waals surface area (Å²) in [4.78, 5) is 20.9. The van der Waals surface area contributed by atoms with Crippen LogP contribution in [0.1, 0.15) is 16.4 Å². The molecule has 0 spiro atoms. The minimum atomic E-state index is -2.92. The number of carbonyl (C=O) groups is 1. The van der Waals surface area contributed by atoms with Crippen molar-refractivity contribution < 1.29 is 23.2 Å². The average molecular weight is 434 g/mol. The van der Waals surface area contributed by atoms with Gasteiger partial charge in [0.25, 0.3) is 12.3 Å². The van der Waals surface area contributed by atoms with Crippen LogP contribution in [0.5, 0.6) is 0 Å². The molecule has 30 heavy (non-hydrogen) atoms. The van der Waals surface area contributed by atoms with Gasteiger partial charge in [0.15, 0.2) is 0 Å². The quantitative estimate of drug-likeness (QED) is 0.482. The molecule has 0 aliphatic heterocycles. The van der Waals surface area contributed by atoms with Gasteiger partial charge in [0.2, 0.25) is 11.7 Å². The van der Waals surface area contributed by atoms with Crippen LogP contribution in [0.4, 0.5) is 14.5 Å². The van der Waals surface area contributed by atoms with Crippen LogP contribution in [0.25, 0.3) is 17.0 Å². The molecule has 0 aliphatic rings. The maximum absolute atomic E-state index is 12.7. The van der Waals surface area contributed by atoms with Crippen molar-refractivity contribution >= 4 is 28.8 Å². The number of alkyl halides is 2. The van der Waals surface area contributed by atoms with E-state index in [1.54, 1.807) is 28.8 Å². The number of carbonyl (C=O) groups excluding carboxylic acids is 1. The monoisotopic (exact) mass is 433 g/mol. The van der Waals surface area contributed by atoms with Gasteiger partial charge in [0.05, 0.1) is 23.3 Å². The zero-order valence-corrected chi connectivity index (χ0v) is 15.9. The predicted molar refractivity (Wildman–Crippen MR) is 104 cm³/mol. The number of benzene rings is 1. The van der Waals surface area contributed by atoms with Crippen molar-refractivity contribution in [3.63, 3.8) is 0 Å². The van der Waals surface area contributed by atoms with E-state index in [4.69, 9.17) is 16.1 Å². The molecule has 1 aromatic carbocycles. The van der Waals surface area contributed by atoms with Crippen LogP contribution < -0.4 is 5.32 Å². The van der Waals surface area contributed by atoms with Crippen molar-refractivity contribution in [2.24, 2.45) is 0 Å². The maximum Gasteiger partial charge on any atom is 0.274 e. The van der Waals surface area contributed by atoms with Gasteiger partial charge < -0.3 is 14.9 Å². The Morgan fingerprint density at radius 3 is 2.93 bits per heavy atom. The predicted octanol–water partition coefficient (Wildman–Crippen LogP) is 3.46. The summed E-state index contributed by atoms with van der Waals surface area (Å²) in [6, 6.07) is 10.0.